The molecular weight excluding hydrogens is 502 g/mol. The smallest absolute Gasteiger partial charge is 0.312 e. The Morgan fingerprint density at radius 2 is 1.89 bits per heavy atom. The molecule has 0 bridgehead atoms. The molecule has 2 fully saturated rings. The topological polar surface area (TPSA) is 101 Å². The maximum atomic E-state index is 13.0. The summed E-state index contributed by atoms with van der Waals surface area (Å²) in [5.41, 5.74) is 4.80. The lowest BCUT2D eigenvalue weighted by atomic mass is 9.81. The van der Waals surface area contributed by atoms with Crippen LogP contribution in [0.4, 0.5) is 0 Å². The molecule has 1 amide bonds. The van der Waals surface area contributed by atoms with Gasteiger partial charge in [-0.1, -0.05) is 25.3 Å². The number of carboxylic acids is 1. The van der Waals surface area contributed by atoms with E-state index in [2.05, 4.69) is 15.4 Å². The summed E-state index contributed by atoms with van der Waals surface area (Å²) in [6.45, 7) is 0.344. The first-order valence-electron chi connectivity index (χ1n) is 13.2. The maximum absolute atomic E-state index is 13.0. The molecule has 200 valence electrons. The third-order valence-electron chi connectivity index (χ3n) is 8.72. The van der Waals surface area contributed by atoms with Crippen molar-refractivity contribution in [1.82, 2.24) is 13.6 Å². The van der Waals surface area contributed by atoms with E-state index in [-0.39, 0.29) is 5.92 Å². The summed E-state index contributed by atoms with van der Waals surface area (Å²) in [7, 11) is 4.90. The number of carbonyl (C=O) groups excluding carboxylic acids is 1. The summed E-state index contributed by atoms with van der Waals surface area (Å²) in [6, 6.07) is 11.7. The summed E-state index contributed by atoms with van der Waals surface area (Å²) in [5, 5.41) is 11.5. The fourth-order valence-corrected chi connectivity index (χ4v) is 7.11. The van der Waals surface area contributed by atoms with Crippen molar-refractivity contribution < 1.29 is 23.6 Å². The minimum Gasteiger partial charge on any atom is -0.497 e. The number of benzene rings is 2. The Kier molecular flexibility index (Phi) is 6.11. The zero-order valence-electron chi connectivity index (χ0n) is 22.0. The first kappa shape index (κ1) is 25.1. The van der Waals surface area contributed by atoms with Crippen LogP contribution in [0.15, 0.2) is 36.4 Å². The lowest BCUT2D eigenvalue weighted by Gasteiger charge is -2.24. The van der Waals surface area contributed by atoms with Crippen LogP contribution in [-0.2, 0) is 22.5 Å². The van der Waals surface area contributed by atoms with Crippen LogP contribution in [0.2, 0.25) is 0 Å². The number of hydrogen-bond donors (Lipinski definition) is 2. The Balaban J connectivity index is 1.60. The van der Waals surface area contributed by atoms with Gasteiger partial charge in [0.05, 0.1) is 18.2 Å². The van der Waals surface area contributed by atoms with Crippen molar-refractivity contribution in [2.45, 2.75) is 56.9 Å². The molecule has 0 saturated heterocycles. The van der Waals surface area contributed by atoms with E-state index in [0.29, 0.717) is 24.4 Å². The second-order valence-corrected chi connectivity index (χ2v) is 12.5. The fourth-order valence-electron chi connectivity index (χ4n) is 6.65. The van der Waals surface area contributed by atoms with Crippen LogP contribution in [-0.4, -0.2) is 51.3 Å². The van der Waals surface area contributed by atoms with Gasteiger partial charge < -0.3 is 14.4 Å². The fraction of sp³-hybridized carbons (Fsp3) is 0.448. The average Bonchev–Trinajstić information content (AvgIpc) is 3.59. The molecule has 0 spiro atoms. The number of hydrogen-bond acceptors (Lipinski definition) is 4. The highest BCUT2D eigenvalue weighted by Gasteiger charge is 2.63. The van der Waals surface area contributed by atoms with Crippen molar-refractivity contribution in [2.75, 3.05) is 21.2 Å². The molecule has 1 aromatic heterocycles. The Bertz CT molecular complexity index is 1490. The number of nitrogens with one attached hydrogen (secondary N) is 1. The second-order valence-electron chi connectivity index (χ2n) is 11.1. The predicted molar refractivity (Wildman–Crippen MR) is 146 cm³/mol. The molecule has 1 aliphatic heterocycles. The first-order chi connectivity index (χ1) is 18.2. The summed E-state index contributed by atoms with van der Waals surface area (Å²) in [4.78, 5) is 25.7. The van der Waals surface area contributed by atoms with Gasteiger partial charge in [0.25, 0.3) is 5.91 Å². The number of rotatable bonds is 6. The molecule has 8 nitrogen and oxygen atoms in total. The monoisotopic (exact) mass is 535 g/mol. The number of ether oxygens (including phenoxy) is 1. The minimum absolute atomic E-state index is 0.0896. The highest BCUT2D eigenvalue weighted by molar-refractivity contribution is 7.81. The number of fused-ring (bicyclic) bond motifs is 7. The Hall–Kier alpha value is -3.17. The third-order valence-corrected chi connectivity index (χ3v) is 9.75. The van der Waals surface area contributed by atoms with Crippen molar-refractivity contribution in [2.24, 2.45) is 5.41 Å². The van der Waals surface area contributed by atoms with Gasteiger partial charge in [-0.3, -0.25) is 14.3 Å². The molecule has 2 saturated carbocycles. The minimum atomic E-state index is -1.65. The van der Waals surface area contributed by atoms with Crippen molar-refractivity contribution >= 4 is 34.0 Å². The maximum Gasteiger partial charge on any atom is 0.312 e. The van der Waals surface area contributed by atoms with Gasteiger partial charge in [-0.15, -0.1) is 0 Å². The molecule has 2 unspecified atom stereocenters. The van der Waals surface area contributed by atoms with E-state index in [1.807, 2.05) is 24.3 Å². The zero-order chi connectivity index (χ0) is 26.8. The molecule has 2 heterocycles. The van der Waals surface area contributed by atoms with Gasteiger partial charge in [0.1, 0.15) is 5.75 Å². The normalized spacial score (nSPS) is 23.2. The van der Waals surface area contributed by atoms with Gasteiger partial charge in [-0.25, -0.2) is 8.51 Å². The summed E-state index contributed by atoms with van der Waals surface area (Å²) < 4.78 is 23.9. The average molecular weight is 536 g/mol. The quantitative estimate of drug-likeness (QED) is 0.472. The van der Waals surface area contributed by atoms with Crippen molar-refractivity contribution in [1.29, 1.82) is 0 Å². The van der Waals surface area contributed by atoms with Gasteiger partial charge >= 0.3 is 5.97 Å². The van der Waals surface area contributed by atoms with Crippen LogP contribution in [0.25, 0.3) is 22.2 Å². The molecule has 9 heteroatoms. The van der Waals surface area contributed by atoms with Crippen molar-refractivity contribution in [3.8, 4) is 17.0 Å². The Labute approximate surface area is 224 Å². The number of aromatic nitrogens is 1. The standard InChI is InChI=1S/C29H33N3O5S/c1-31(2)38(36)30-27(33)18-9-11-21-24(13-18)32-16-29(28(34)35)15-23(29)22-14-19(37-3)10-12-20(22)26(32)25(21)17-7-5-4-6-8-17/h9-14,17,23H,4-8,15-16H2,1-3H3,(H,30,33)(H,34,35)/t23?,29-,38?/m0/s1. The Morgan fingerprint density at radius 3 is 2.58 bits per heavy atom. The number of carbonyl (C=O) groups is 2. The number of methoxy groups -OCH3 is 1. The molecule has 38 heavy (non-hydrogen) atoms. The van der Waals surface area contributed by atoms with E-state index in [4.69, 9.17) is 4.74 Å². The molecule has 3 aromatic rings. The van der Waals surface area contributed by atoms with Crippen LogP contribution >= 0.6 is 0 Å². The van der Waals surface area contributed by atoms with Gasteiger partial charge in [0.2, 0.25) is 0 Å². The second kappa shape index (κ2) is 9.24. The molecule has 3 aliphatic rings. The van der Waals surface area contributed by atoms with E-state index in [0.717, 1.165) is 46.3 Å². The van der Waals surface area contributed by atoms with Crippen LogP contribution < -0.4 is 9.46 Å². The SMILES string of the molecule is COc1ccc2c(c1)C1C[C@]1(C(=O)O)Cn1c-2c(C2CCCCC2)c2ccc(C(=O)NS(=O)N(C)C)cc21. The van der Waals surface area contributed by atoms with E-state index < -0.39 is 28.5 Å². The van der Waals surface area contributed by atoms with Gasteiger partial charge in [-0.2, -0.15) is 0 Å². The largest absolute Gasteiger partial charge is 0.497 e. The lowest BCUT2D eigenvalue weighted by Crippen LogP contribution is -2.34. The highest BCUT2D eigenvalue weighted by Crippen LogP contribution is 2.65. The van der Waals surface area contributed by atoms with Crippen LogP contribution in [0.5, 0.6) is 5.75 Å². The van der Waals surface area contributed by atoms with Crippen LogP contribution in [0.3, 0.4) is 0 Å². The lowest BCUT2D eigenvalue weighted by molar-refractivity contribution is -0.144. The molecular formula is C29H33N3O5S. The molecule has 2 aromatic carbocycles. The van der Waals surface area contributed by atoms with Gasteiger partial charge in [0, 0.05) is 48.6 Å². The molecule has 2 aliphatic carbocycles. The van der Waals surface area contributed by atoms with Gasteiger partial charge in [0.15, 0.2) is 11.2 Å². The molecule has 3 atom stereocenters. The number of aliphatic carboxylic acids is 1. The summed E-state index contributed by atoms with van der Waals surface area (Å²) in [6.07, 6.45) is 6.33. The first-order valence-corrected chi connectivity index (χ1v) is 14.3. The van der Waals surface area contributed by atoms with E-state index >= 15 is 0 Å². The van der Waals surface area contributed by atoms with E-state index in [1.54, 1.807) is 27.3 Å². The van der Waals surface area contributed by atoms with Crippen LogP contribution in [0, 0.1) is 5.41 Å². The molecule has 2 N–H and O–H groups in total. The third kappa shape index (κ3) is 3.86. The van der Waals surface area contributed by atoms with Gasteiger partial charge in [-0.05, 0) is 66.6 Å². The number of carboxylic acid groups (broad SMARTS) is 1. The number of amides is 1. The Morgan fingerprint density at radius 1 is 1.13 bits per heavy atom. The van der Waals surface area contributed by atoms with E-state index in [1.165, 1.54) is 29.1 Å². The predicted octanol–water partition coefficient (Wildman–Crippen LogP) is 4.81. The molecule has 6 rings (SSSR count). The summed E-state index contributed by atoms with van der Waals surface area (Å²) in [5.74, 6) is -0.210. The molecule has 0 radical (unpaired) electrons. The van der Waals surface area contributed by atoms with Crippen LogP contribution in [0.1, 0.15) is 71.8 Å². The van der Waals surface area contributed by atoms with Crippen molar-refractivity contribution in [3.05, 3.63) is 53.1 Å². The zero-order valence-corrected chi connectivity index (χ0v) is 22.8. The van der Waals surface area contributed by atoms with E-state index in [9.17, 15) is 18.9 Å². The number of nitrogens with zero attached hydrogens (tertiary/aromatic N) is 2. The highest BCUT2D eigenvalue weighted by atomic mass is 32.2. The summed E-state index contributed by atoms with van der Waals surface area (Å²) >= 11 is -1.65. The van der Waals surface area contributed by atoms with Crippen molar-refractivity contribution in [3.63, 3.8) is 0 Å².